The van der Waals surface area contributed by atoms with E-state index in [-0.39, 0.29) is 12.5 Å². The first-order valence-electron chi connectivity index (χ1n) is 9.22. The average molecular weight is 376 g/mol. The lowest BCUT2D eigenvalue weighted by Gasteiger charge is -2.40. The van der Waals surface area contributed by atoms with Crippen LogP contribution in [0.3, 0.4) is 0 Å². The second-order valence-electron chi connectivity index (χ2n) is 7.07. The Hall–Kier alpha value is -1.85. The van der Waals surface area contributed by atoms with E-state index in [9.17, 15) is 9.90 Å². The number of rotatable bonds is 6. The Labute approximate surface area is 159 Å². The largest absolute Gasteiger partial charge is 0.395 e. The van der Waals surface area contributed by atoms with Gasteiger partial charge in [-0.05, 0) is 37.5 Å². The van der Waals surface area contributed by atoms with Crippen molar-refractivity contribution in [1.29, 1.82) is 0 Å². The Bertz CT molecular complexity index is 736. The fraction of sp³-hybridized carbons (Fsp3) is 0.500. The minimum Gasteiger partial charge on any atom is -0.395 e. The minimum absolute atomic E-state index is 0.0636. The van der Waals surface area contributed by atoms with Crippen molar-refractivity contribution in [2.45, 2.75) is 51.0 Å². The molecular formula is C20H26ClN3O2. The maximum Gasteiger partial charge on any atom is 0.233 e. The van der Waals surface area contributed by atoms with Crippen molar-refractivity contribution >= 4 is 17.5 Å². The number of imidazole rings is 1. The maximum atomic E-state index is 13.7. The number of amides is 1. The Balaban J connectivity index is 1.94. The molecule has 0 saturated heterocycles. The number of aliphatic hydroxyl groups is 1. The molecule has 26 heavy (non-hydrogen) atoms. The van der Waals surface area contributed by atoms with Gasteiger partial charge in [-0.3, -0.25) is 4.79 Å². The molecule has 5 nitrogen and oxygen atoms in total. The molecule has 1 aromatic heterocycles. The molecule has 1 aromatic carbocycles. The highest BCUT2D eigenvalue weighted by Gasteiger charge is 2.43. The SMILES string of the molecule is Cc1[nH]cnc1CN(CCO)C(=O)C1(c2ccc(Cl)cc2)CCCCC1. The monoisotopic (exact) mass is 375 g/mol. The van der Waals surface area contributed by atoms with Crippen molar-refractivity contribution < 1.29 is 9.90 Å². The molecule has 6 heteroatoms. The van der Waals surface area contributed by atoms with Crippen molar-refractivity contribution in [3.8, 4) is 0 Å². The standard InChI is InChI=1S/C20H26ClN3O2/c1-15-18(23-14-22-15)13-24(11-12-25)19(26)20(9-3-2-4-10-20)16-5-7-17(21)8-6-16/h5-8,14,25H,2-4,9-13H2,1H3,(H,22,23). The molecule has 2 aromatic rings. The van der Waals surface area contributed by atoms with E-state index in [1.54, 1.807) is 11.2 Å². The molecule has 0 spiro atoms. The van der Waals surface area contributed by atoms with Crippen LogP contribution in [0, 0.1) is 6.92 Å². The first-order chi connectivity index (χ1) is 12.6. The Morgan fingerprint density at radius 2 is 1.96 bits per heavy atom. The fourth-order valence-electron chi connectivity index (χ4n) is 3.95. The summed E-state index contributed by atoms with van der Waals surface area (Å²) in [6, 6.07) is 7.66. The zero-order chi connectivity index (χ0) is 18.6. The van der Waals surface area contributed by atoms with E-state index in [2.05, 4.69) is 9.97 Å². The summed E-state index contributed by atoms with van der Waals surface area (Å²) in [7, 11) is 0. The lowest BCUT2D eigenvalue weighted by Crippen LogP contribution is -2.48. The lowest BCUT2D eigenvalue weighted by atomic mass is 9.68. The molecule has 1 aliphatic carbocycles. The molecule has 3 rings (SSSR count). The first kappa shape index (κ1) is 18.9. The van der Waals surface area contributed by atoms with E-state index in [0.29, 0.717) is 18.1 Å². The predicted molar refractivity (Wildman–Crippen MR) is 102 cm³/mol. The summed E-state index contributed by atoms with van der Waals surface area (Å²) in [6.07, 6.45) is 6.51. The van der Waals surface area contributed by atoms with Crippen molar-refractivity contribution in [2.75, 3.05) is 13.2 Å². The van der Waals surface area contributed by atoms with E-state index >= 15 is 0 Å². The first-order valence-corrected chi connectivity index (χ1v) is 9.60. The quantitative estimate of drug-likeness (QED) is 0.810. The lowest BCUT2D eigenvalue weighted by molar-refractivity contribution is -0.140. The molecule has 0 radical (unpaired) electrons. The van der Waals surface area contributed by atoms with Gasteiger partial charge in [0.25, 0.3) is 0 Å². The van der Waals surface area contributed by atoms with Gasteiger partial charge < -0.3 is 15.0 Å². The number of aromatic amines is 1. The van der Waals surface area contributed by atoms with Crippen LogP contribution in [-0.4, -0.2) is 39.0 Å². The van der Waals surface area contributed by atoms with Gasteiger partial charge in [0.15, 0.2) is 0 Å². The molecule has 0 aliphatic heterocycles. The summed E-state index contributed by atoms with van der Waals surface area (Å²) in [4.78, 5) is 22.8. The van der Waals surface area contributed by atoms with Crippen LogP contribution in [-0.2, 0) is 16.8 Å². The Kier molecular flexibility index (Phi) is 5.99. The highest BCUT2D eigenvalue weighted by molar-refractivity contribution is 6.30. The summed E-state index contributed by atoms with van der Waals surface area (Å²) < 4.78 is 0. The summed E-state index contributed by atoms with van der Waals surface area (Å²) in [5.74, 6) is 0.0796. The van der Waals surface area contributed by atoms with Gasteiger partial charge in [0.1, 0.15) is 0 Å². The number of benzene rings is 1. The van der Waals surface area contributed by atoms with Crippen LogP contribution in [0.4, 0.5) is 0 Å². The second kappa shape index (κ2) is 8.23. The minimum atomic E-state index is -0.539. The average Bonchev–Trinajstić information content (AvgIpc) is 3.06. The highest BCUT2D eigenvalue weighted by atomic mass is 35.5. The Morgan fingerprint density at radius 3 is 2.54 bits per heavy atom. The number of H-pyrrole nitrogens is 1. The summed E-state index contributed by atoms with van der Waals surface area (Å²) >= 11 is 6.06. The molecule has 0 unspecified atom stereocenters. The number of carbonyl (C=O) groups is 1. The van der Waals surface area contributed by atoms with Crippen molar-refractivity contribution in [2.24, 2.45) is 0 Å². The van der Waals surface area contributed by atoms with Gasteiger partial charge in [-0.15, -0.1) is 0 Å². The van der Waals surface area contributed by atoms with Gasteiger partial charge >= 0.3 is 0 Å². The molecule has 1 amide bonds. The fourth-order valence-corrected chi connectivity index (χ4v) is 4.08. The number of aryl methyl sites for hydroxylation is 1. The van der Waals surface area contributed by atoms with Crippen LogP contribution < -0.4 is 0 Å². The van der Waals surface area contributed by atoms with E-state index in [1.165, 1.54) is 0 Å². The van der Waals surface area contributed by atoms with Gasteiger partial charge in [-0.2, -0.15) is 0 Å². The van der Waals surface area contributed by atoms with Gasteiger partial charge in [0, 0.05) is 17.3 Å². The van der Waals surface area contributed by atoms with E-state index in [1.807, 2.05) is 31.2 Å². The molecule has 1 saturated carbocycles. The number of halogens is 1. The van der Waals surface area contributed by atoms with Gasteiger partial charge in [0.05, 0.1) is 30.6 Å². The van der Waals surface area contributed by atoms with Crippen LogP contribution in [0.15, 0.2) is 30.6 Å². The second-order valence-corrected chi connectivity index (χ2v) is 7.51. The normalized spacial score (nSPS) is 16.4. The third kappa shape index (κ3) is 3.79. The van der Waals surface area contributed by atoms with Crippen molar-refractivity contribution in [1.82, 2.24) is 14.9 Å². The highest BCUT2D eigenvalue weighted by Crippen LogP contribution is 2.41. The molecule has 1 heterocycles. The van der Waals surface area contributed by atoms with Gasteiger partial charge in [0.2, 0.25) is 5.91 Å². The summed E-state index contributed by atoms with van der Waals surface area (Å²) in [5, 5.41) is 10.2. The van der Waals surface area contributed by atoms with Gasteiger partial charge in [-0.1, -0.05) is 43.0 Å². The number of aliphatic hydroxyl groups excluding tert-OH is 1. The molecule has 0 bridgehead atoms. The number of nitrogens with one attached hydrogen (secondary N) is 1. The zero-order valence-corrected chi connectivity index (χ0v) is 15.9. The van der Waals surface area contributed by atoms with E-state index in [0.717, 1.165) is 49.1 Å². The van der Waals surface area contributed by atoms with Crippen LogP contribution in [0.25, 0.3) is 0 Å². The molecule has 140 valence electrons. The van der Waals surface area contributed by atoms with E-state index in [4.69, 9.17) is 11.6 Å². The predicted octanol–water partition coefficient (Wildman–Crippen LogP) is 3.59. The smallest absolute Gasteiger partial charge is 0.233 e. The van der Waals surface area contributed by atoms with Crippen LogP contribution in [0.1, 0.15) is 49.1 Å². The number of nitrogens with zero attached hydrogens (tertiary/aromatic N) is 2. The number of carbonyl (C=O) groups excluding carboxylic acids is 1. The third-order valence-corrected chi connectivity index (χ3v) is 5.70. The maximum absolute atomic E-state index is 13.7. The summed E-state index contributed by atoms with van der Waals surface area (Å²) in [6.45, 7) is 2.59. The van der Waals surface area contributed by atoms with Crippen molar-refractivity contribution in [3.63, 3.8) is 0 Å². The molecule has 1 fully saturated rings. The third-order valence-electron chi connectivity index (χ3n) is 5.45. The number of hydrogen-bond acceptors (Lipinski definition) is 3. The van der Waals surface area contributed by atoms with Crippen LogP contribution in [0.2, 0.25) is 5.02 Å². The van der Waals surface area contributed by atoms with Crippen LogP contribution in [0.5, 0.6) is 0 Å². The molecule has 2 N–H and O–H groups in total. The topological polar surface area (TPSA) is 69.2 Å². The Morgan fingerprint density at radius 1 is 1.27 bits per heavy atom. The van der Waals surface area contributed by atoms with Crippen LogP contribution >= 0.6 is 11.6 Å². The number of hydrogen-bond donors (Lipinski definition) is 2. The molecule has 1 aliphatic rings. The van der Waals surface area contributed by atoms with Gasteiger partial charge in [-0.25, -0.2) is 4.98 Å². The zero-order valence-electron chi connectivity index (χ0n) is 15.2. The molecular weight excluding hydrogens is 350 g/mol. The van der Waals surface area contributed by atoms with Crippen molar-refractivity contribution in [3.05, 3.63) is 52.6 Å². The van der Waals surface area contributed by atoms with E-state index < -0.39 is 5.41 Å². The molecule has 0 atom stereocenters. The number of aromatic nitrogens is 2. The summed E-state index contributed by atoms with van der Waals surface area (Å²) in [5.41, 5.74) is 2.27.